The van der Waals surface area contributed by atoms with Gasteiger partial charge < -0.3 is 14.3 Å². The maximum absolute atomic E-state index is 10.4. The second-order valence-electron chi connectivity index (χ2n) is 8.24. The van der Waals surface area contributed by atoms with Gasteiger partial charge in [-0.05, 0) is 43.0 Å². The molecule has 25 heavy (non-hydrogen) atoms. The highest BCUT2D eigenvalue weighted by molar-refractivity contribution is 6.74. The third-order valence-electron chi connectivity index (χ3n) is 4.94. The molecule has 0 heterocycles. The summed E-state index contributed by atoms with van der Waals surface area (Å²) in [6.45, 7) is 16.2. The van der Waals surface area contributed by atoms with Crippen LogP contribution in [0.2, 0.25) is 18.1 Å². The molecule has 0 aliphatic rings. The van der Waals surface area contributed by atoms with Crippen molar-refractivity contribution >= 4 is 8.32 Å². The molecule has 2 atom stereocenters. The molecule has 0 saturated heterocycles. The molecule has 0 aliphatic heterocycles. The van der Waals surface area contributed by atoms with Crippen LogP contribution in [0, 0.1) is 0 Å². The minimum absolute atomic E-state index is 0.0301. The predicted octanol–water partition coefficient (Wildman–Crippen LogP) is 5.31. The van der Waals surface area contributed by atoms with E-state index in [1.54, 1.807) is 0 Å². The van der Waals surface area contributed by atoms with Gasteiger partial charge in [0.25, 0.3) is 0 Å². The van der Waals surface area contributed by atoms with E-state index in [4.69, 9.17) is 9.16 Å². The molecule has 1 aromatic carbocycles. The molecule has 0 bridgehead atoms. The maximum atomic E-state index is 10.4. The van der Waals surface area contributed by atoms with Crippen molar-refractivity contribution in [1.29, 1.82) is 0 Å². The van der Waals surface area contributed by atoms with Gasteiger partial charge in [0, 0.05) is 6.61 Å². The Bertz CT molecular complexity index is 494. The highest BCUT2D eigenvalue weighted by atomic mass is 28.4. The lowest BCUT2D eigenvalue weighted by Gasteiger charge is -2.39. The van der Waals surface area contributed by atoms with Crippen molar-refractivity contribution in [3.8, 4) is 0 Å². The molecular formula is C21H36O3Si. The molecule has 0 saturated carbocycles. The summed E-state index contributed by atoms with van der Waals surface area (Å²) in [6.07, 6.45) is 3.53. The third-order valence-corrected chi connectivity index (χ3v) is 9.47. The molecule has 0 spiro atoms. The Morgan fingerprint density at radius 1 is 1.20 bits per heavy atom. The summed E-state index contributed by atoms with van der Waals surface area (Å²) >= 11 is 0. The summed E-state index contributed by atoms with van der Waals surface area (Å²) in [4.78, 5) is 0. The Labute approximate surface area is 155 Å². The van der Waals surface area contributed by atoms with Gasteiger partial charge in [0.1, 0.15) is 0 Å². The quantitative estimate of drug-likeness (QED) is 0.328. The monoisotopic (exact) mass is 364 g/mol. The van der Waals surface area contributed by atoms with E-state index in [1.807, 2.05) is 36.4 Å². The molecule has 0 radical (unpaired) electrons. The first kappa shape index (κ1) is 22.1. The van der Waals surface area contributed by atoms with E-state index in [1.165, 1.54) is 0 Å². The van der Waals surface area contributed by atoms with Gasteiger partial charge in [-0.15, -0.1) is 6.58 Å². The summed E-state index contributed by atoms with van der Waals surface area (Å²) in [6, 6.07) is 10.1. The molecule has 142 valence electrons. The maximum Gasteiger partial charge on any atom is 0.192 e. The van der Waals surface area contributed by atoms with Crippen LogP contribution in [0.25, 0.3) is 0 Å². The molecule has 1 aromatic rings. The average Bonchev–Trinajstić information content (AvgIpc) is 2.51. The summed E-state index contributed by atoms with van der Waals surface area (Å²) < 4.78 is 12.1. The van der Waals surface area contributed by atoms with Crippen LogP contribution in [-0.4, -0.2) is 32.2 Å². The molecule has 3 nitrogen and oxygen atoms in total. The number of hydrogen-bond acceptors (Lipinski definition) is 3. The van der Waals surface area contributed by atoms with E-state index in [2.05, 4.69) is 40.4 Å². The molecule has 4 heteroatoms. The second kappa shape index (κ2) is 10.3. The lowest BCUT2D eigenvalue weighted by Crippen LogP contribution is -2.44. The Hall–Kier alpha value is -0.943. The van der Waals surface area contributed by atoms with E-state index < -0.39 is 14.4 Å². The second-order valence-corrected chi connectivity index (χ2v) is 13.0. The minimum Gasteiger partial charge on any atom is -0.414 e. The summed E-state index contributed by atoms with van der Waals surface area (Å²) in [5, 5.41) is 10.5. The number of aliphatic hydroxyl groups is 1. The highest BCUT2D eigenvalue weighted by Gasteiger charge is 2.39. The van der Waals surface area contributed by atoms with Gasteiger partial charge in [0.15, 0.2) is 8.32 Å². The Morgan fingerprint density at radius 3 is 2.40 bits per heavy atom. The summed E-state index contributed by atoms with van der Waals surface area (Å²) in [5.74, 6) is 0. The van der Waals surface area contributed by atoms with Crippen LogP contribution in [0.5, 0.6) is 0 Å². The van der Waals surface area contributed by atoms with Crippen LogP contribution in [0.3, 0.4) is 0 Å². The van der Waals surface area contributed by atoms with Crippen molar-refractivity contribution in [2.45, 2.75) is 77.0 Å². The zero-order valence-electron chi connectivity index (χ0n) is 16.6. The molecular weight excluding hydrogens is 328 g/mol. The van der Waals surface area contributed by atoms with E-state index in [0.717, 1.165) is 12.0 Å². The normalized spacial score (nSPS) is 15.0. The topological polar surface area (TPSA) is 38.7 Å². The molecule has 0 aliphatic carbocycles. The Morgan fingerprint density at radius 2 is 1.84 bits per heavy atom. The smallest absolute Gasteiger partial charge is 0.192 e. The van der Waals surface area contributed by atoms with Gasteiger partial charge in [-0.25, -0.2) is 0 Å². The number of aliphatic hydroxyl groups excluding tert-OH is 1. The summed E-state index contributed by atoms with van der Waals surface area (Å²) in [7, 11) is -1.84. The van der Waals surface area contributed by atoms with Crippen LogP contribution in [0.15, 0.2) is 43.0 Å². The van der Waals surface area contributed by atoms with Gasteiger partial charge >= 0.3 is 0 Å². The van der Waals surface area contributed by atoms with Crippen molar-refractivity contribution in [2.24, 2.45) is 0 Å². The van der Waals surface area contributed by atoms with E-state index in [0.29, 0.717) is 26.1 Å². The van der Waals surface area contributed by atoms with E-state index >= 15 is 0 Å². The minimum atomic E-state index is -1.84. The van der Waals surface area contributed by atoms with Crippen LogP contribution in [0.4, 0.5) is 0 Å². The molecule has 1 rings (SSSR count). The Kier molecular flexibility index (Phi) is 9.07. The fourth-order valence-electron chi connectivity index (χ4n) is 2.38. The molecule has 0 amide bonds. The Balaban J connectivity index is 2.40. The third kappa shape index (κ3) is 8.32. The van der Waals surface area contributed by atoms with Gasteiger partial charge in [0.05, 0.1) is 18.8 Å². The van der Waals surface area contributed by atoms with Gasteiger partial charge in [-0.1, -0.05) is 57.2 Å². The van der Waals surface area contributed by atoms with E-state index in [-0.39, 0.29) is 11.1 Å². The first-order valence-electron chi connectivity index (χ1n) is 9.24. The number of benzene rings is 1. The van der Waals surface area contributed by atoms with Gasteiger partial charge in [-0.3, -0.25) is 0 Å². The lowest BCUT2D eigenvalue weighted by atomic mass is 10.1. The van der Waals surface area contributed by atoms with Crippen molar-refractivity contribution in [2.75, 3.05) is 6.61 Å². The zero-order chi connectivity index (χ0) is 18.9. The van der Waals surface area contributed by atoms with Crippen LogP contribution in [0.1, 0.15) is 45.6 Å². The zero-order valence-corrected chi connectivity index (χ0v) is 17.6. The highest BCUT2D eigenvalue weighted by Crippen LogP contribution is 2.38. The average molecular weight is 365 g/mol. The predicted molar refractivity (Wildman–Crippen MR) is 108 cm³/mol. The largest absolute Gasteiger partial charge is 0.414 e. The molecule has 0 fully saturated rings. The van der Waals surface area contributed by atoms with Gasteiger partial charge in [-0.2, -0.15) is 0 Å². The van der Waals surface area contributed by atoms with Crippen molar-refractivity contribution in [3.63, 3.8) is 0 Å². The molecule has 1 N–H and O–H groups in total. The SMILES string of the molecule is C=CC[C@@H](C[C@@H](O)CCOCc1ccccc1)O[Si](C)(C)C(C)(C)C. The number of hydrogen-bond donors (Lipinski definition) is 1. The van der Waals surface area contributed by atoms with Crippen molar-refractivity contribution < 1.29 is 14.3 Å². The first-order chi connectivity index (χ1) is 11.7. The van der Waals surface area contributed by atoms with Crippen LogP contribution in [-0.2, 0) is 15.8 Å². The van der Waals surface area contributed by atoms with Crippen molar-refractivity contribution in [3.05, 3.63) is 48.6 Å². The lowest BCUT2D eigenvalue weighted by molar-refractivity contribution is 0.0452. The fourth-order valence-corrected chi connectivity index (χ4v) is 3.76. The van der Waals surface area contributed by atoms with Gasteiger partial charge in [0.2, 0.25) is 0 Å². The van der Waals surface area contributed by atoms with Crippen molar-refractivity contribution in [1.82, 2.24) is 0 Å². The van der Waals surface area contributed by atoms with E-state index in [9.17, 15) is 5.11 Å². The van der Waals surface area contributed by atoms with Crippen LogP contribution >= 0.6 is 0 Å². The number of ether oxygens (including phenoxy) is 1. The first-order valence-corrected chi connectivity index (χ1v) is 12.1. The standard InChI is InChI=1S/C21H36O3Si/c1-7-11-20(24-25(5,6)21(2,3)4)16-19(22)14-15-23-17-18-12-9-8-10-13-18/h7-10,12-13,19-20,22H,1,11,14-17H2,2-6H3/t19-,20-/m0/s1. The van der Waals surface area contributed by atoms with Crippen LogP contribution < -0.4 is 0 Å². The number of rotatable bonds is 11. The fraction of sp³-hybridized carbons (Fsp3) is 0.619. The summed E-state index contributed by atoms with van der Waals surface area (Å²) in [5.41, 5.74) is 1.16. The molecule has 0 unspecified atom stereocenters. The molecule has 0 aromatic heterocycles.